The van der Waals surface area contributed by atoms with Crippen molar-refractivity contribution in [1.82, 2.24) is 9.88 Å². The summed E-state index contributed by atoms with van der Waals surface area (Å²) < 4.78 is 0. The molecule has 0 aliphatic rings. The van der Waals surface area contributed by atoms with Crippen molar-refractivity contribution in [3.63, 3.8) is 0 Å². The fourth-order valence-electron chi connectivity index (χ4n) is 1.78. The lowest BCUT2D eigenvalue weighted by atomic mass is 10.2. The number of hydrogen-bond acceptors (Lipinski definition) is 4. The second-order valence-electron chi connectivity index (χ2n) is 4.01. The fourth-order valence-corrected chi connectivity index (χ4v) is 1.95. The van der Waals surface area contributed by atoms with Gasteiger partial charge in [-0.2, -0.15) is 0 Å². The predicted molar refractivity (Wildman–Crippen MR) is 81.2 cm³/mol. The number of aromatic nitrogens is 1. The third-order valence-corrected chi connectivity index (χ3v) is 3.00. The van der Waals surface area contributed by atoms with Crippen LogP contribution in [0.15, 0.2) is 18.3 Å². The number of anilines is 1. The zero-order valence-corrected chi connectivity index (χ0v) is 12.2. The summed E-state index contributed by atoms with van der Waals surface area (Å²) in [5.74, 6) is 0.137. The van der Waals surface area contributed by atoms with Crippen molar-refractivity contribution >= 4 is 28.8 Å². The Morgan fingerprint density at radius 2 is 2.16 bits per heavy atom. The maximum atomic E-state index is 11.8. The average molecular weight is 280 g/mol. The normalized spacial score (nSPS) is 10.0. The van der Waals surface area contributed by atoms with Gasteiger partial charge in [0.1, 0.15) is 10.7 Å². The number of carbonyl (C=O) groups excluding carboxylic acids is 1. The number of carbonyl (C=O) groups is 1. The largest absolute Gasteiger partial charge is 0.388 e. The van der Waals surface area contributed by atoms with E-state index in [1.54, 1.807) is 17.2 Å². The van der Waals surface area contributed by atoms with Crippen molar-refractivity contribution in [2.24, 2.45) is 5.73 Å². The molecule has 0 unspecified atom stereocenters. The van der Waals surface area contributed by atoms with Gasteiger partial charge < -0.3 is 16.0 Å². The number of pyridine rings is 1. The van der Waals surface area contributed by atoms with Gasteiger partial charge in [0.2, 0.25) is 5.91 Å². The quantitative estimate of drug-likeness (QED) is 0.739. The van der Waals surface area contributed by atoms with E-state index >= 15 is 0 Å². The van der Waals surface area contributed by atoms with Crippen LogP contribution in [0.2, 0.25) is 0 Å². The van der Waals surface area contributed by atoms with Crippen LogP contribution >= 0.6 is 12.2 Å². The molecule has 0 aliphatic carbocycles. The van der Waals surface area contributed by atoms with Crippen molar-refractivity contribution in [3.05, 3.63) is 24.0 Å². The van der Waals surface area contributed by atoms with E-state index in [1.807, 2.05) is 19.9 Å². The molecule has 1 rings (SSSR count). The van der Waals surface area contributed by atoms with Crippen LogP contribution in [0.25, 0.3) is 0 Å². The molecule has 1 heterocycles. The first-order chi connectivity index (χ1) is 9.10. The molecule has 0 atom stereocenters. The van der Waals surface area contributed by atoms with Crippen molar-refractivity contribution in [1.29, 1.82) is 0 Å². The second kappa shape index (κ2) is 7.68. The van der Waals surface area contributed by atoms with Crippen LogP contribution in [0, 0.1) is 0 Å². The molecule has 0 aliphatic heterocycles. The lowest BCUT2D eigenvalue weighted by Crippen LogP contribution is -2.31. The van der Waals surface area contributed by atoms with E-state index in [4.69, 9.17) is 18.0 Å². The van der Waals surface area contributed by atoms with Crippen molar-refractivity contribution in [2.45, 2.75) is 20.3 Å². The van der Waals surface area contributed by atoms with Gasteiger partial charge in [0.05, 0.1) is 5.69 Å². The molecule has 1 aromatic rings. The Morgan fingerprint density at radius 1 is 1.47 bits per heavy atom. The number of rotatable bonds is 7. The highest BCUT2D eigenvalue weighted by Crippen LogP contribution is 2.11. The Morgan fingerprint density at radius 3 is 2.74 bits per heavy atom. The maximum Gasteiger partial charge on any atom is 0.224 e. The number of amides is 1. The molecular weight excluding hydrogens is 260 g/mol. The lowest BCUT2D eigenvalue weighted by Gasteiger charge is -2.19. The average Bonchev–Trinajstić information content (AvgIpc) is 2.40. The zero-order chi connectivity index (χ0) is 14.3. The van der Waals surface area contributed by atoms with E-state index in [9.17, 15) is 4.79 Å². The van der Waals surface area contributed by atoms with Crippen molar-refractivity contribution < 1.29 is 4.79 Å². The van der Waals surface area contributed by atoms with Crippen LogP contribution in [-0.2, 0) is 4.79 Å². The molecule has 0 saturated carbocycles. The van der Waals surface area contributed by atoms with Gasteiger partial charge in [0.25, 0.3) is 0 Å². The predicted octanol–water partition coefficient (Wildman–Crippen LogP) is 1.39. The number of nitrogens with two attached hydrogens (primary N) is 1. The third kappa shape index (κ3) is 4.48. The molecule has 6 heteroatoms. The molecule has 0 saturated heterocycles. The molecule has 0 aromatic carbocycles. The van der Waals surface area contributed by atoms with E-state index in [-0.39, 0.29) is 10.9 Å². The van der Waals surface area contributed by atoms with E-state index in [0.717, 1.165) is 18.8 Å². The van der Waals surface area contributed by atoms with E-state index in [0.29, 0.717) is 18.7 Å². The standard InChI is InChI=1S/C13H20N4OS/c1-3-17(4-2)11(18)7-9-15-10-6-5-8-16-12(10)13(14)19/h5-6,8,15H,3-4,7,9H2,1-2H3,(H2,14,19). The highest BCUT2D eigenvalue weighted by molar-refractivity contribution is 7.80. The number of nitrogens with one attached hydrogen (secondary N) is 1. The van der Waals surface area contributed by atoms with Crippen LogP contribution in [0.5, 0.6) is 0 Å². The van der Waals surface area contributed by atoms with E-state index in [2.05, 4.69) is 10.3 Å². The first-order valence-corrected chi connectivity index (χ1v) is 6.77. The molecule has 19 heavy (non-hydrogen) atoms. The van der Waals surface area contributed by atoms with Gasteiger partial charge in [0, 0.05) is 32.3 Å². The Bertz CT molecular complexity index is 446. The van der Waals surface area contributed by atoms with Crippen LogP contribution in [0.1, 0.15) is 26.0 Å². The molecule has 0 spiro atoms. The summed E-state index contributed by atoms with van der Waals surface area (Å²) in [5.41, 5.74) is 6.92. The van der Waals surface area contributed by atoms with Crippen LogP contribution in [0.4, 0.5) is 5.69 Å². The maximum absolute atomic E-state index is 11.8. The smallest absolute Gasteiger partial charge is 0.224 e. The van der Waals surface area contributed by atoms with Gasteiger partial charge >= 0.3 is 0 Å². The molecule has 0 radical (unpaired) electrons. The third-order valence-electron chi connectivity index (χ3n) is 2.81. The number of hydrogen-bond donors (Lipinski definition) is 2. The van der Waals surface area contributed by atoms with Crippen LogP contribution < -0.4 is 11.1 Å². The number of thiocarbonyl (C=S) groups is 1. The van der Waals surface area contributed by atoms with Gasteiger partial charge in [-0.1, -0.05) is 12.2 Å². The Balaban J connectivity index is 2.54. The summed E-state index contributed by atoms with van der Waals surface area (Å²) in [7, 11) is 0. The monoisotopic (exact) mass is 280 g/mol. The molecule has 0 bridgehead atoms. The molecule has 1 aromatic heterocycles. The second-order valence-corrected chi connectivity index (χ2v) is 4.45. The summed E-state index contributed by atoms with van der Waals surface area (Å²) in [5, 5.41) is 3.15. The molecule has 1 amide bonds. The highest BCUT2D eigenvalue weighted by Gasteiger charge is 2.10. The lowest BCUT2D eigenvalue weighted by molar-refractivity contribution is -0.130. The first-order valence-electron chi connectivity index (χ1n) is 6.36. The molecule has 5 nitrogen and oxygen atoms in total. The minimum Gasteiger partial charge on any atom is -0.388 e. The van der Waals surface area contributed by atoms with E-state index < -0.39 is 0 Å². The van der Waals surface area contributed by atoms with Gasteiger partial charge in [-0.15, -0.1) is 0 Å². The SMILES string of the molecule is CCN(CC)C(=O)CCNc1cccnc1C(N)=S. The van der Waals surface area contributed by atoms with Crippen LogP contribution in [-0.4, -0.2) is 40.4 Å². The summed E-state index contributed by atoms with van der Waals surface area (Å²) in [6.07, 6.45) is 2.08. The van der Waals surface area contributed by atoms with Crippen molar-refractivity contribution in [3.8, 4) is 0 Å². The molecule has 0 fully saturated rings. The summed E-state index contributed by atoms with van der Waals surface area (Å²) in [6.45, 7) is 5.96. The van der Waals surface area contributed by atoms with Gasteiger partial charge in [-0.3, -0.25) is 9.78 Å². The minimum atomic E-state index is 0.137. The van der Waals surface area contributed by atoms with E-state index in [1.165, 1.54) is 0 Å². The Labute approximate surface area is 119 Å². The Kier molecular flexibility index (Phi) is 6.21. The summed E-state index contributed by atoms with van der Waals surface area (Å²) >= 11 is 4.93. The zero-order valence-electron chi connectivity index (χ0n) is 11.3. The topological polar surface area (TPSA) is 71.2 Å². The van der Waals surface area contributed by atoms with Gasteiger partial charge in [-0.05, 0) is 26.0 Å². The van der Waals surface area contributed by atoms with Gasteiger partial charge in [0.15, 0.2) is 0 Å². The number of nitrogens with zero attached hydrogens (tertiary/aromatic N) is 2. The molecule has 3 N–H and O–H groups in total. The highest BCUT2D eigenvalue weighted by atomic mass is 32.1. The van der Waals surface area contributed by atoms with Crippen LogP contribution in [0.3, 0.4) is 0 Å². The minimum absolute atomic E-state index is 0.137. The molecule has 104 valence electrons. The van der Waals surface area contributed by atoms with Crippen molar-refractivity contribution in [2.75, 3.05) is 25.0 Å². The Hall–Kier alpha value is -1.69. The first kappa shape index (κ1) is 15.4. The summed E-state index contributed by atoms with van der Waals surface area (Å²) in [4.78, 5) is 18.0. The summed E-state index contributed by atoms with van der Waals surface area (Å²) in [6, 6.07) is 3.65. The molecular formula is C13H20N4OS. The van der Waals surface area contributed by atoms with Gasteiger partial charge in [-0.25, -0.2) is 0 Å². The fraction of sp³-hybridized carbons (Fsp3) is 0.462.